The minimum Gasteiger partial charge on any atom is -0.497 e. The van der Waals surface area contributed by atoms with Crippen molar-refractivity contribution in [1.29, 1.82) is 0 Å². The van der Waals surface area contributed by atoms with E-state index in [4.69, 9.17) is 4.74 Å². The third-order valence-corrected chi connectivity index (χ3v) is 4.38. The molecule has 8 heteroatoms. The van der Waals surface area contributed by atoms with Crippen molar-refractivity contribution in [2.75, 3.05) is 7.11 Å². The van der Waals surface area contributed by atoms with E-state index in [0.29, 0.717) is 22.4 Å². The molecule has 0 aliphatic carbocycles. The molecule has 3 aromatic heterocycles. The fraction of sp³-hybridized carbons (Fsp3) is 0.188. The van der Waals surface area contributed by atoms with Crippen molar-refractivity contribution in [3.05, 3.63) is 49.4 Å². The van der Waals surface area contributed by atoms with E-state index < -0.39 is 16.8 Å². The predicted molar refractivity (Wildman–Crippen MR) is 91.0 cm³/mol. The predicted octanol–water partition coefficient (Wildman–Crippen LogP) is 0.569. The quantitative estimate of drug-likeness (QED) is 0.534. The maximum absolute atomic E-state index is 12.6. The minimum absolute atomic E-state index is 0.202. The van der Waals surface area contributed by atoms with Gasteiger partial charge >= 0.3 is 5.69 Å². The summed E-state index contributed by atoms with van der Waals surface area (Å²) >= 11 is 0. The fourth-order valence-electron chi connectivity index (χ4n) is 3.11. The summed E-state index contributed by atoms with van der Waals surface area (Å²) in [5.74, 6) is 0.608. The number of nitrogens with one attached hydrogen (secondary N) is 2. The van der Waals surface area contributed by atoms with Crippen LogP contribution in [0.4, 0.5) is 0 Å². The number of H-pyrrole nitrogens is 2. The van der Waals surface area contributed by atoms with Gasteiger partial charge in [-0.3, -0.25) is 18.7 Å². The molecule has 1 aromatic carbocycles. The molecule has 8 nitrogen and oxygen atoms in total. The smallest absolute Gasteiger partial charge is 0.332 e. The number of aromatic amines is 2. The second-order valence-corrected chi connectivity index (χ2v) is 5.67. The van der Waals surface area contributed by atoms with Crippen LogP contribution in [0, 0.1) is 0 Å². The fourth-order valence-corrected chi connectivity index (χ4v) is 3.11. The zero-order valence-electron chi connectivity index (χ0n) is 13.3. The highest BCUT2D eigenvalue weighted by Crippen LogP contribution is 2.27. The number of benzene rings is 1. The first-order chi connectivity index (χ1) is 11.4. The standard InChI is InChI=1S/C16H14N4O4/c1-19-13-11(15(22)20(2)16(19)23)10-12(18-13)8-5-4-7(24-3)6-9(8)17-14(10)21/h4-6,18H,1-3H3,(H,17,21). The van der Waals surface area contributed by atoms with Crippen molar-refractivity contribution in [2.45, 2.75) is 0 Å². The second kappa shape index (κ2) is 4.60. The van der Waals surface area contributed by atoms with Crippen LogP contribution in [0.5, 0.6) is 5.75 Å². The number of aryl methyl sites for hydroxylation is 1. The lowest BCUT2D eigenvalue weighted by molar-refractivity contribution is 0.415. The number of pyridine rings is 1. The summed E-state index contributed by atoms with van der Waals surface area (Å²) in [6.07, 6.45) is 0. The van der Waals surface area contributed by atoms with E-state index in [2.05, 4.69) is 9.97 Å². The van der Waals surface area contributed by atoms with Gasteiger partial charge in [0.05, 0.1) is 28.9 Å². The Morgan fingerprint density at radius 2 is 1.75 bits per heavy atom. The van der Waals surface area contributed by atoms with Crippen LogP contribution in [0.1, 0.15) is 0 Å². The van der Waals surface area contributed by atoms with Crippen molar-refractivity contribution < 1.29 is 4.74 Å². The summed E-state index contributed by atoms with van der Waals surface area (Å²) in [7, 11) is 4.49. The van der Waals surface area contributed by atoms with Gasteiger partial charge < -0.3 is 14.7 Å². The van der Waals surface area contributed by atoms with Crippen LogP contribution in [-0.2, 0) is 14.1 Å². The van der Waals surface area contributed by atoms with Crippen LogP contribution in [0.2, 0.25) is 0 Å². The summed E-state index contributed by atoms with van der Waals surface area (Å²) in [6.45, 7) is 0. The molecule has 24 heavy (non-hydrogen) atoms. The largest absolute Gasteiger partial charge is 0.497 e. The van der Waals surface area contributed by atoms with Gasteiger partial charge in [0.1, 0.15) is 11.4 Å². The topological polar surface area (TPSA) is 102 Å². The molecule has 0 bridgehead atoms. The zero-order chi connectivity index (χ0) is 17.2. The van der Waals surface area contributed by atoms with E-state index in [9.17, 15) is 14.4 Å². The third kappa shape index (κ3) is 1.65. The molecule has 0 saturated carbocycles. The SMILES string of the molecule is COc1ccc2c(c1)[nH]c(=O)c1c2[nH]c2c1c(=O)n(C)c(=O)n2C. The number of methoxy groups -OCH3 is 1. The van der Waals surface area contributed by atoms with Crippen LogP contribution in [0.3, 0.4) is 0 Å². The highest BCUT2D eigenvalue weighted by atomic mass is 16.5. The first kappa shape index (κ1) is 14.3. The molecule has 0 atom stereocenters. The first-order valence-corrected chi connectivity index (χ1v) is 7.25. The molecule has 0 spiro atoms. The van der Waals surface area contributed by atoms with Gasteiger partial charge in [0.2, 0.25) is 0 Å². The van der Waals surface area contributed by atoms with Crippen molar-refractivity contribution in [3.63, 3.8) is 0 Å². The molecule has 4 rings (SSSR count). The first-order valence-electron chi connectivity index (χ1n) is 7.25. The van der Waals surface area contributed by atoms with E-state index >= 15 is 0 Å². The summed E-state index contributed by atoms with van der Waals surface area (Å²) in [4.78, 5) is 43.1. The number of nitrogens with zero attached hydrogens (tertiary/aromatic N) is 2. The summed E-state index contributed by atoms with van der Waals surface area (Å²) in [5.41, 5.74) is 0.0729. The number of rotatable bonds is 1. The highest BCUT2D eigenvalue weighted by Gasteiger charge is 2.18. The molecule has 0 radical (unpaired) electrons. The van der Waals surface area contributed by atoms with E-state index in [1.165, 1.54) is 11.6 Å². The minimum atomic E-state index is -0.502. The van der Waals surface area contributed by atoms with Gasteiger partial charge in [-0.1, -0.05) is 0 Å². The molecule has 2 N–H and O–H groups in total. The maximum atomic E-state index is 12.6. The second-order valence-electron chi connectivity index (χ2n) is 5.67. The number of fused-ring (bicyclic) bond motifs is 5. The number of ether oxygens (including phenoxy) is 1. The summed E-state index contributed by atoms with van der Waals surface area (Å²) in [5, 5.41) is 1.18. The van der Waals surface area contributed by atoms with Gasteiger partial charge in [0.25, 0.3) is 11.1 Å². The Labute approximate surface area is 133 Å². The van der Waals surface area contributed by atoms with E-state index in [0.717, 1.165) is 9.95 Å². The molecular formula is C16H14N4O4. The Morgan fingerprint density at radius 3 is 2.46 bits per heavy atom. The maximum Gasteiger partial charge on any atom is 0.332 e. The van der Waals surface area contributed by atoms with Crippen LogP contribution >= 0.6 is 0 Å². The van der Waals surface area contributed by atoms with Crippen LogP contribution in [-0.4, -0.2) is 26.2 Å². The molecule has 122 valence electrons. The third-order valence-electron chi connectivity index (χ3n) is 4.38. The lowest BCUT2D eigenvalue weighted by Crippen LogP contribution is -2.37. The number of aromatic nitrogens is 4. The van der Waals surface area contributed by atoms with Gasteiger partial charge in [0, 0.05) is 25.5 Å². The number of hydrogen-bond acceptors (Lipinski definition) is 4. The molecule has 0 aliphatic heterocycles. The average molecular weight is 326 g/mol. The van der Waals surface area contributed by atoms with Crippen LogP contribution in [0.15, 0.2) is 32.6 Å². The van der Waals surface area contributed by atoms with Crippen molar-refractivity contribution in [2.24, 2.45) is 14.1 Å². The lowest BCUT2D eigenvalue weighted by atomic mass is 10.1. The normalized spacial score (nSPS) is 11.6. The molecule has 0 unspecified atom stereocenters. The lowest BCUT2D eigenvalue weighted by Gasteiger charge is -2.03. The van der Waals surface area contributed by atoms with Crippen molar-refractivity contribution >= 4 is 32.8 Å². The van der Waals surface area contributed by atoms with Gasteiger partial charge in [0.15, 0.2) is 0 Å². The molecule has 0 fully saturated rings. The Bertz CT molecular complexity index is 1320. The highest BCUT2D eigenvalue weighted by molar-refractivity contribution is 6.14. The Kier molecular flexibility index (Phi) is 2.75. The molecule has 4 aromatic rings. The van der Waals surface area contributed by atoms with E-state index in [1.54, 1.807) is 32.4 Å². The monoisotopic (exact) mass is 326 g/mol. The van der Waals surface area contributed by atoms with Crippen molar-refractivity contribution in [1.82, 2.24) is 19.1 Å². The Morgan fingerprint density at radius 1 is 1.00 bits per heavy atom. The molecular weight excluding hydrogens is 312 g/mol. The van der Waals surface area contributed by atoms with Gasteiger partial charge in [-0.15, -0.1) is 0 Å². The van der Waals surface area contributed by atoms with Gasteiger partial charge in [-0.25, -0.2) is 4.79 Å². The van der Waals surface area contributed by atoms with E-state index in [1.807, 2.05) is 0 Å². The van der Waals surface area contributed by atoms with Gasteiger partial charge in [-0.2, -0.15) is 0 Å². The van der Waals surface area contributed by atoms with Gasteiger partial charge in [-0.05, 0) is 12.1 Å². The van der Waals surface area contributed by atoms with Crippen LogP contribution in [0.25, 0.3) is 32.8 Å². The zero-order valence-corrected chi connectivity index (χ0v) is 13.3. The summed E-state index contributed by atoms with van der Waals surface area (Å²) in [6, 6.07) is 5.27. The number of hydrogen-bond donors (Lipinski definition) is 2. The Balaban J connectivity index is 2.36. The average Bonchev–Trinajstić information content (AvgIpc) is 2.99. The molecule has 3 heterocycles. The van der Waals surface area contributed by atoms with Crippen molar-refractivity contribution in [3.8, 4) is 5.75 Å². The molecule has 0 aliphatic rings. The van der Waals surface area contributed by atoms with E-state index in [-0.39, 0.29) is 10.8 Å². The Hall–Kier alpha value is -3.29. The molecule has 0 amide bonds. The molecule has 0 saturated heterocycles. The van der Waals surface area contributed by atoms with Crippen LogP contribution < -0.4 is 21.5 Å². The summed E-state index contributed by atoms with van der Waals surface area (Å²) < 4.78 is 7.49.